The number of hydrogen-bond acceptors (Lipinski definition) is 3. The minimum absolute atomic E-state index is 0.144. The monoisotopic (exact) mass is 144 g/mol. The largest absolute Gasteiger partial charge is 0.314 e. The predicted molar refractivity (Wildman–Crippen MR) is 37.5 cm³/mol. The summed E-state index contributed by atoms with van der Waals surface area (Å²) in [5.74, 6) is -0.144. The molecular weight excluding hydrogens is 136 g/mol. The van der Waals surface area contributed by atoms with Crippen LogP contribution in [0.5, 0.6) is 0 Å². The van der Waals surface area contributed by atoms with Gasteiger partial charge in [0.2, 0.25) is 0 Å². The highest BCUT2D eigenvalue weighted by molar-refractivity contribution is 8.00. The van der Waals surface area contributed by atoms with Gasteiger partial charge in [0, 0.05) is 0 Å². The molecule has 4 heteroatoms. The first-order valence-corrected chi connectivity index (χ1v) is 3.43. The molecular formula is C5H8N2OS. The molecule has 3 nitrogen and oxygen atoms in total. The highest BCUT2D eigenvalue weighted by atomic mass is 32.2. The van der Waals surface area contributed by atoms with Crippen molar-refractivity contribution in [3.05, 3.63) is 11.5 Å². The normalized spacial score (nSPS) is 34.2. The van der Waals surface area contributed by atoms with Crippen molar-refractivity contribution < 1.29 is 4.79 Å². The van der Waals surface area contributed by atoms with Crippen molar-refractivity contribution in [2.75, 3.05) is 0 Å². The van der Waals surface area contributed by atoms with Crippen LogP contribution in [0.15, 0.2) is 11.5 Å². The van der Waals surface area contributed by atoms with E-state index in [-0.39, 0.29) is 5.91 Å². The molecule has 0 bridgehead atoms. The van der Waals surface area contributed by atoms with Crippen molar-refractivity contribution in [2.24, 2.45) is 5.73 Å². The molecule has 0 aromatic heterocycles. The maximum atomic E-state index is 10.8. The Balaban J connectivity index is 2.81. The van der Waals surface area contributed by atoms with E-state index in [2.05, 4.69) is 4.72 Å². The minimum Gasteiger partial charge on any atom is -0.314 e. The first-order valence-electron chi connectivity index (χ1n) is 2.55. The smallest absolute Gasteiger partial charge is 0.253 e. The van der Waals surface area contributed by atoms with E-state index in [0.29, 0.717) is 0 Å². The first kappa shape index (κ1) is 6.64. The number of hydrogen-bond donors (Lipinski definition) is 2. The molecule has 0 aromatic rings. The highest BCUT2D eigenvalue weighted by Crippen LogP contribution is 2.12. The van der Waals surface area contributed by atoms with Crippen LogP contribution in [0.2, 0.25) is 0 Å². The second-order valence-electron chi connectivity index (χ2n) is 2.13. The van der Waals surface area contributed by atoms with E-state index in [0.717, 1.165) is 0 Å². The van der Waals surface area contributed by atoms with Crippen molar-refractivity contribution in [1.82, 2.24) is 4.72 Å². The van der Waals surface area contributed by atoms with E-state index in [4.69, 9.17) is 5.73 Å². The summed E-state index contributed by atoms with van der Waals surface area (Å²) < 4.78 is 2.54. The third-order valence-corrected chi connectivity index (χ3v) is 1.70. The van der Waals surface area contributed by atoms with Gasteiger partial charge in [-0.1, -0.05) is 0 Å². The standard InChI is InChI=1S/C5H8N2OS/c1-5(6)2-3-9-7-4(5)8/h2-3H,6H2,1H3,(H,7,8). The SMILES string of the molecule is CC1(N)C=CSNC1=O. The Morgan fingerprint density at radius 1 is 1.89 bits per heavy atom. The number of carbonyl (C=O) groups is 1. The summed E-state index contributed by atoms with van der Waals surface area (Å²) in [6, 6.07) is 0. The van der Waals surface area contributed by atoms with Gasteiger partial charge in [0.1, 0.15) is 5.54 Å². The van der Waals surface area contributed by atoms with Crippen LogP contribution in [0.3, 0.4) is 0 Å². The Labute approximate surface area is 57.8 Å². The summed E-state index contributed by atoms with van der Waals surface area (Å²) in [5.41, 5.74) is 4.69. The van der Waals surface area contributed by atoms with Crippen LogP contribution in [-0.2, 0) is 4.79 Å². The second-order valence-corrected chi connectivity index (χ2v) is 2.85. The Hall–Kier alpha value is -0.480. The van der Waals surface area contributed by atoms with E-state index in [1.807, 2.05) is 0 Å². The third-order valence-electron chi connectivity index (χ3n) is 1.12. The van der Waals surface area contributed by atoms with Gasteiger partial charge < -0.3 is 5.73 Å². The number of nitrogens with two attached hydrogens (primary N) is 1. The molecule has 1 atom stereocenters. The highest BCUT2D eigenvalue weighted by Gasteiger charge is 2.26. The molecule has 1 aliphatic heterocycles. The molecule has 50 valence electrons. The average molecular weight is 144 g/mol. The third kappa shape index (κ3) is 1.25. The van der Waals surface area contributed by atoms with E-state index < -0.39 is 5.54 Å². The molecule has 1 amide bonds. The topological polar surface area (TPSA) is 55.1 Å². The van der Waals surface area contributed by atoms with Crippen LogP contribution >= 0.6 is 11.9 Å². The van der Waals surface area contributed by atoms with Gasteiger partial charge >= 0.3 is 0 Å². The molecule has 1 rings (SSSR count). The van der Waals surface area contributed by atoms with Gasteiger partial charge in [-0.2, -0.15) is 0 Å². The Kier molecular flexibility index (Phi) is 1.50. The molecule has 0 aliphatic carbocycles. The number of rotatable bonds is 0. The molecule has 0 saturated heterocycles. The van der Waals surface area contributed by atoms with Gasteiger partial charge in [0.05, 0.1) is 0 Å². The molecule has 3 N–H and O–H groups in total. The molecule has 1 heterocycles. The number of amides is 1. The van der Waals surface area contributed by atoms with Gasteiger partial charge in [-0.3, -0.25) is 9.52 Å². The second kappa shape index (κ2) is 2.04. The maximum absolute atomic E-state index is 10.8. The molecule has 1 unspecified atom stereocenters. The summed E-state index contributed by atoms with van der Waals surface area (Å²) in [4.78, 5) is 10.8. The van der Waals surface area contributed by atoms with E-state index >= 15 is 0 Å². The van der Waals surface area contributed by atoms with Gasteiger partial charge in [-0.15, -0.1) is 0 Å². The molecule has 0 spiro atoms. The van der Waals surface area contributed by atoms with Crippen LogP contribution < -0.4 is 10.5 Å². The molecule has 1 aliphatic rings. The predicted octanol–water partition coefficient (Wildman–Crippen LogP) is -0.00450. The lowest BCUT2D eigenvalue weighted by molar-refractivity contribution is -0.122. The fourth-order valence-corrected chi connectivity index (χ4v) is 1.19. The van der Waals surface area contributed by atoms with E-state index in [1.54, 1.807) is 18.4 Å². The van der Waals surface area contributed by atoms with Gasteiger partial charge in [0.25, 0.3) is 5.91 Å². The summed E-state index contributed by atoms with van der Waals surface area (Å²) in [7, 11) is 0. The lowest BCUT2D eigenvalue weighted by Crippen LogP contribution is -2.49. The summed E-state index contributed by atoms with van der Waals surface area (Å²) in [6.07, 6.45) is 1.68. The Bertz CT molecular complexity index is 164. The zero-order chi connectivity index (χ0) is 6.91. The fourth-order valence-electron chi connectivity index (χ4n) is 0.449. The van der Waals surface area contributed by atoms with E-state index in [9.17, 15) is 4.79 Å². The lowest BCUT2D eigenvalue weighted by atomic mass is 10.0. The van der Waals surface area contributed by atoms with Gasteiger partial charge in [0.15, 0.2) is 0 Å². The van der Waals surface area contributed by atoms with Crippen LogP contribution in [0.4, 0.5) is 0 Å². The molecule has 0 saturated carbocycles. The van der Waals surface area contributed by atoms with Crippen LogP contribution in [0.1, 0.15) is 6.92 Å². The van der Waals surface area contributed by atoms with Crippen molar-refractivity contribution in [3.8, 4) is 0 Å². The molecule has 0 radical (unpaired) electrons. The number of nitrogens with one attached hydrogen (secondary N) is 1. The number of carbonyl (C=O) groups excluding carboxylic acids is 1. The minimum atomic E-state index is -0.814. The summed E-state index contributed by atoms with van der Waals surface area (Å²) >= 11 is 1.25. The maximum Gasteiger partial charge on any atom is 0.253 e. The molecule has 0 fully saturated rings. The summed E-state index contributed by atoms with van der Waals surface area (Å²) in [5, 5.41) is 1.77. The quantitative estimate of drug-likeness (QED) is 0.470. The molecule has 9 heavy (non-hydrogen) atoms. The average Bonchev–Trinajstić information content (AvgIpc) is 1.77. The Morgan fingerprint density at radius 3 is 2.89 bits per heavy atom. The first-order chi connectivity index (χ1) is 4.13. The fraction of sp³-hybridized carbons (Fsp3) is 0.400. The zero-order valence-electron chi connectivity index (χ0n) is 5.05. The Morgan fingerprint density at radius 2 is 2.56 bits per heavy atom. The zero-order valence-corrected chi connectivity index (χ0v) is 5.87. The van der Waals surface area contributed by atoms with Crippen molar-refractivity contribution in [3.63, 3.8) is 0 Å². The van der Waals surface area contributed by atoms with Crippen molar-refractivity contribution in [2.45, 2.75) is 12.5 Å². The lowest BCUT2D eigenvalue weighted by Gasteiger charge is -2.21. The van der Waals surface area contributed by atoms with E-state index in [1.165, 1.54) is 11.9 Å². The van der Waals surface area contributed by atoms with Gasteiger partial charge in [-0.25, -0.2) is 0 Å². The summed E-state index contributed by atoms with van der Waals surface area (Å²) in [6.45, 7) is 1.67. The van der Waals surface area contributed by atoms with Crippen molar-refractivity contribution >= 4 is 17.9 Å². The molecule has 0 aromatic carbocycles. The van der Waals surface area contributed by atoms with Crippen LogP contribution in [-0.4, -0.2) is 11.4 Å². The van der Waals surface area contributed by atoms with Crippen LogP contribution in [0, 0.1) is 0 Å². The van der Waals surface area contributed by atoms with Crippen molar-refractivity contribution in [1.29, 1.82) is 0 Å². The van der Waals surface area contributed by atoms with Crippen LogP contribution in [0.25, 0.3) is 0 Å². The van der Waals surface area contributed by atoms with Gasteiger partial charge in [-0.05, 0) is 30.4 Å².